The van der Waals surface area contributed by atoms with Crippen LogP contribution in [0.3, 0.4) is 0 Å². The first kappa shape index (κ1) is 13.6. The number of nitrogens with two attached hydrogens (primary N) is 1. The zero-order valence-electron chi connectivity index (χ0n) is 11.4. The molecule has 0 bridgehead atoms. The van der Waals surface area contributed by atoms with E-state index in [1.807, 2.05) is 38.1 Å². The van der Waals surface area contributed by atoms with E-state index in [-0.39, 0.29) is 11.7 Å². The van der Waals surface area contributed by atoms with Crippen molar-refractivity contribution in [2.75, 3.05) is 6.54 Å². The van der Waals surface area contributed by atoms with Gasteiger partial charge in [-0.05, 0) is 57.5 Å². The third-order valence-electron chi connectivity index (χ3n) is 2.91. The lowest BCUT2D eigenvalue weighted by Crippen LogP contribution is -2.14. The minimum Gasteiger partial charge on any atom is -0.491 e. The van der Waals surface area contributed by atoms with E-state index < -0.39 is 0 Å². The largest absolute Gasteiger partial charge is 0.491 e. The summed E-state index contributed by atoms with van der Waals surface area (Å²) in [6.07, 6.45) is 1.66. The SMILES string of the molecule is CC(C)Oc1ccc2[nH]c(=O)c(CCCN)cc2c1. The van der Waals surface area contributed by atoms with E-state index in [2.05, 4.69) is 4.98 Å². The summed E-state index contributed by atoms with van der Waals surface area (Å²) in [5, 5.41) is 0.991. The van der Waals surface area contributed by atoms with Crippen LogP contribution in [0.4, 0.5) is 0 Å². The van der Waals surface area contributed by atoms with E-state index >= 15 is 0 Å². The Hall–Kier alpha value is -1.81. The summed E-state index contributed by atoms with van der Waals surface area (Å²) in [6, 6.07) is 7.63. The molecule has 4 heteroatoms. The fourth-order valence-electron chi connectivity index (χ4n) is 2.05. The van der Waals surface area contributed by atoms with Gasteiger partial charge in [-0.3, -0.25) is 4.79 Å². The average molecular weight is 260 g/mol. The molecule has 3 N–H and O–H groups in total. The van der Waals surface area contributed by atoms with Gasteiger partial charge in [-0.1, -0.05) is 0 Å². The van der Waals surface area contributed by atoms with E-state index in [1.54, 1.807) is 0 Å². The normalized spacial score (nSPS) is 11.2. The molecule has 0 unspecified atom stereocenters. The molecule has 19 heavy (non-hydrogen) atoms. The molecule has 4 nitrogen and oxygen atoms in total. The van der Waals surface area contributed by atoms with Gasteiger partial charge in [0.15, 0.2) is 0 Å². The maximum atomic E-state index is 11.9. The van der Waals surface area contributed by atoms with E-state index in [0.717, 1.165) is 28.6 Å². The quantitative estimate of drug-likeness (QED) is 0.866. The number of rotatable bonds is 5. The third kappa shape index (κ3) is 3.35. The van der Waals surface area contributed by atoms with Crippen molar-refractivity contribution < 1.29 is 4.74 Å². The molecule has 102 valence electrons. The van der Waals surface area contributed by atoms with Gasteiger partial charge in [-0.15, -0.1) is 0 Å². The van der Waals surface area contributed by atoms with Crippen LogP contribution in [0.25, 0.3) is 10.9 Å². The molecule has 2 aromatic rings. The molecule has 0 saturated carbocycles. The van der Waals surface area contributed by atoms with Crippen molar-refractivity contribution in [1.82, 2.24) is 4.98 Å². The fourth-order valence-corrected chi connectivity index (χ4v) is 2.05. The average Bonchev–Trinajstić information content (AvgIpc) is 2.36. The summed E-state index contributed by atoms with van der Waals surface area (Å²) >= 11 is 0. The van der Waals surface area contributed by atoms with Gasteiger partial charge < -0.3 is 15.5 Å². The zero-order valence-corrected chi connectivity index (χ0v) is 11.4. The van der Waals surface area contributed by atoms with Crippen molar-refractivity contribution >= 4 is 10.9 Å². The fraction of sp³-hybridized carbons (Fsp3) is 0.400. The second-order valence-corrected chi connectivity index (χ2v) is 4.93. The van der Waals surface area contributed by atoms with Crippen molar-refractivity contribution in [2.24, 2.45) is 5.73 Å². The van der Waals surface area contributed by atoms with Crippen LogP contribution in [0.5, 0.6) is 5.75 Å². The highest BCUT2D eigenvalue weighted by Gasteiger charge is 2.05. The smallest absolute Gasteiger partial charge is 0.251 e. The summed E-state index contributed by atoms with van der Waals surface area (Å²) in [5.74, 6) is 0.819. The molecular weight excluding hydrogens is 240 g/mol. The lowest BCUT2D eigenvalue weighted by molar-refractivity contribution is 0.243. The van der Waals surface area contributed by atoms with Crippen LogP contribution in [-0.2, 0) is 6.42 Å². The number of aryl methyl sites for hydroxylation is 1. The second kappa shape index (κ2) is 5.89. The monoisotopic (exact) mass is 260 g/mol. The molecular formula is C15H20N2O2. The van der Waals surface area contributed by atoms with Crippen LogP contribution < -0.4 is 16.0 Å². The molecule has 0 aliphatic carbocycles. The lowest BCUT2D eigenvalue weighted by atomic mass is 10.1. The van der Waals surface area contributed by atoms with Gasteiger partial charge >= 0.3 is 0 Å². The van der Waals surface area contributed by atoms with E-state index in [9.17, 15) is 4.79 Å². The Labute approximate surface area is 112 Å². The highest BCUT2D eigenvalue weighted by Crippen LogP contribution is 2.20. The first-order chi connectivity index (χ1) is 9.10. The molecule has 2 rings (SSSR count). The van der Waals surface area contributed by atoms with Gasteiger partial charge in [0, 0.05) is 16.5 Å². The molecule has 0 aliphatic rings. The molecule has 1 aromatic heterocycles. The number of aromatic amines is 1. The van der Waals surface area contributed by atoms with Crippen LogP contribution in [0, 0.1) is 0 Å². The predicted molar refractivity (Wildman–Crippen MR) is 77.7 cm³/mol. The van der Waals surface area contributed by atoms with Crippen molar-refractivity contribution in [1.29, 1.82) is 0 Å². The van der Waals surface area contributed by atoms with Crippen LogP contribution in [-0.4, -0.2) is 17.6 Å². The number of ether oxygens (including phenoxy) is 1. The first-order valence-electron chi connectivity index (χ1n) is 6.63. The van der Waals surface area contributed by atoms with Gasteiger partial charge in [-0.25, -0.2) is 0 Å². The number of benzene rings is 1. The Morgan fingerprint density at radius 3 is 2.79 bits per heavy atom. The number of hydrogen-bond donors (Lipinski definition) is 2. The van der Waals surface area contributed by atoms with Crippen LogP contribution in [0.2, 0.25) is 0 Å². The summed E-state index contributed by atoms with van der Waals surface area (Å²) in [7, 11) is 0. The maximum absolute atomic E-state index is 11.9. The van der Waals surface area contributed by atoms with Crippen molar-refractivity contribution in [2.45, 2.75) is 32.8 Å². The van der Waals surface area contributed by atoms with Gasteiger partial charge in [0.2, 0.25) is 0 Å². The Morgan fingerprint density at radius 2 is 2.11 bits per heavy atom. The molecule has 0 fully saturated rings. The van der Waals surface area contributed by atoms with Crippen LogP contribution >= 0.6 is 0 Å². The molecule has 0 spiro atoms. The first-order valence-corrected chi connectivity index (χ1v) is 6.63. The molecule has 0 amide bonds. The minimum absolute atomic E-state index is 0.0292. The Balaban J connectivity index is 2.40. The van der Waals surface area contributed by atoms with E-state index in [0.29, 0.717) is 13.0 Å². The zero-order chi connectivity index (χ0) is 13.8. The van der Waals surface area contributed by atoms with E-state index in [4.69, 9.17) is 10.5 Å². The maximum Gasteiger partial charge on any atom is 0.251 e. The van der Waals surface area contributed by atoms with Crippen LogP contribution in [0.1, 0.15) is 25.8 Å². The highest BCUT2D eigenvalue weighted by atomic mass is 16.5. The summed E-state index contributed by atoms with van der Waals surface area (Å²) in [6.45, 7) is 4.57. The summed E-state index contributed by atoms with van der Waals surface area (Å²) in [4.78, 5) is 14.8. The number of fused-ring (bicyclic) bond motifs is 1. The standard InChI is InChI=1S/C15H20N2O2/c1-10(2)19-13-5-6-14-12(9-13)8-11(4-3-7-16)15(18)17-14/h5-6,8-10H,3-4,7,16H2,1-2H3,(H,17,18). The number of nitrogens with one attached hydrogen (secondary N) is 1. The molecule has 0 aliphatic heterocycles. The Kier molecular flexibility index (Phi) is 4.22. The van der Waals surface area contributed by atoms with Gasteiger partial charge in [0.05, 0.1) is 6.10 Å². The summed E-state index contributed by atoms with van der Waals surface area (Å²) in [5.41, 5.74) is 7.07. The molecule has 0 atom stereocenters. The van der Waals surface area contributed by atoms with Crippen molar-refractivity contribution in [3.8, 4) is 5.75 Å². The number of hydrogen-bond acceptors (Lipinski definition) is 3. The number of H-pyrrole nitrogens is 1. The van der Waals surface area contributed by atoms with Gasteiger partial charge in [-0.2, -0.15) is 0 Å². The Morgan fingerprint density at radius 1 is 1.32 bits per heavy atom. The number of pyridine rings is 1. The molecule has 0 radical (unpaired) electrons. The van der Waals surface area contributed by atoms with Crippen LogP contribution in [0.15, 0.2) is 29.1 Å². The summed E-state index contributed by atoms with van der Waals surface area (Å²) < 4.78 is 5.66. The third-order valence-corrected chi connectivity index (χ3v) is 2.91. The molecule has 1 heterocycles. The predicted octanol–water partition coefficient (Wildman–Crippen LogP) is 2.21. The van der Waals surface area contributed by atoms with Gasteiger partial charge in [0.1, 0.15) is 5.75 Å². The topological polar surface area (TPSA) is 68.1 Å². The van der Waals surface area contributed by atoms with Crippen molar-refractivity contribution in [3.05, 3.63) is 40.2 Å². The Bertz CT molecular complexity index is 617. The number of aromatic nitrogens is 1. The molecule has 1 aromatic carbocycles. The van der Waals surface area contributed by atoms with Crippen molar-refractivity contribution in [3.63, 3.8) is 0 Å². The highest BCUT2D eigenvalue weighted by molar-refractivity contribution is 5.80. The van der Waals surface area contributed by atoms with E-state index in [1.165, 1.54) is 0 Å². The van der Waals surface area contributed by atoms with Gasteiger partial charge in [0.25, 0.3) is 5.56 Å². The minimum atomic E-state index is -0.0292. The second-order valence-electron chi connectivity index (χ2n) is 4.93. The molecule has 0 saturated heterocycles. The lowest BCUT2D eigenvalue weighted by Gasteiger charge is -2.10.